The number of aliphatic hydroxyl groups is 4. The van der Waals surface area contributed by atoms with Crippen molar-refractivity contribution in [2.75, 3.05) is 203 Å². The van der Waals surface area contributed by atoms with Crippen molar-refractivity contribution in [3.63, 3.8) is 0 Å². The van der Waals surface area contributed by atoms with Gasteiger partial charge in [0.15, 0.2) is 0 Å². The van der Waals surface area contributed by atoms with Gasteiger partial charge in [-0.15, -0.1) is 45.3 Å². The van der Waals surface area contributed by atoms with Crippen molar-refractivity contribution >= 4 is 108 Å². The second-order valence-electron chi connectivity index (χ2n) is 40.4. The molecule has 8 aromatic rings. The third-order valence-electron chi connectivity index (χ3n) is 25.7. The molecule has 728 valence electrons. The number of thiophene rings is 4. The first-order chi connectivity index (χ1) is 61.8. The van der Waals surface area contributed by atoms with Gasteiger partial charge < -0.3 is 59.0 Å². The number of hydrogen-bond acceptors (Lipinski definition) is 28. The van der Waals surface area contributed by atoms with Crippen molar-refractivity contribution in [2.24, 2.45) is 0 Å². The molecule has 0 amide bonds. The molecule has 8 aliphatic heterocycles. The quantitative estimate of drug-likeness (QED) is 0.0437. The summed E-state index contributed by atoms with van der Waals surface area (Å²) in [6.07, 6.45) is 0. The molecule has 0 spiro atoms. The molecule has 8 aliphatic rings. The maximum absolute atomic E-state index is 13.2. The van der Waals surface area contributed by atoms with E-state index in [0.717, 1.165) is 124 Å². The predicted octanol–water partition coefficient (Wildman–Crippen LogP) is 11.9. The number of hydrogen-bond donors (Lipinski definition) is 4. The fourth-order valence-corrected chi connectivity index (χ4v) is 29.3. The van der Waals surface area contributed by atoms with Crippen molar-refractivity contribution < 1.29 is 73.0 Å². The standard InChI is InChI=1S/4C24H35N3O4S2/c4*1-23(2)18-25(13-14-31-23)16-21-17-26(33(29,30)22-6-5-15-32-22)11-12-27(21)20-9-7-19(8-10-20)24(3,4)28/h4*5-10,15,21,28H,11-14,16-18H2,1-4H3/t4*21-/m1100/s1. The number of anilines is 4. The maximum Gasteiger partial charge on any atom is 0.252 e. The molecule has 28 nitrogen and oxygen atoms in total. The van der Waals surface area contributed by atoms with Crippen LogP contribution in [0.3, 0.4) is 0 Å². The predicted molar refractivity (Wildman–Crippen MR) is 529 cm³/mol. The zero-order valence-corrected chi connectivity index (χ0v) is 86.1. The Bertz CT molecular complexity index is 4800. The van der Waals surface area contributed by atoms with Gasteiger partial charge in [-0.3, -0.25) is 19.6 Å². The van der Waals surface area contributed by atoms with Gasteiger partial charge in [0, 0.05) is 180 Å². The van der Waals surface area contributed by atoms with E-state index >= 15 is 0 Å². The summed E-state index contributed by atoms with van der Waals surface area (Å²) in [5.74, 6) is 0. The third-order valence-corrected chi connectivity index (χ3v) is 38.6. The van der Waals surface area contributed by atoms with Crippen LogP contribution >= 0.6 is 45.3 Å². The molecule has 4 N–H and O–H groups in total. The van der Waals surface area contributed by atoms with Gasteiger partial charge in [-0.2, -0.15) is 17.2 Å². The normalized spacial score (nSPS) is 23.1. The molecule has 132 heavy (non-hydrogen) atoms. The summed E-state index contributed by atoms with van der Waals surface area (Å²) in [4.78, 5) is 18.8. The minimum atomic E-state index is -3.50. The van der Waals surface area contributed by atoms with Crippen LogP contribution in [0.25, 0.3) is 0 Å². The first kappa shape index (κ1) is 103. The van der Waals surface area contributed by atoms with E-state index in [1.807, 2.05) is 97.1 Å². The van der Waals surface area contributed by atoms with Crippen molar-refractivity contribution in [3.05, 3.63) is 189 Å². The highest BCUT2D eigenvalue weighted by Gasteiger charge is 2.44. The molecule has 0 radical (unpaired) electrons. The largest absolute Gasteiger partial charge is 0.386 e. The van der Waals surface area contributed by atoms with Crippen molar-refractivity contribution in [3.8, 4) is 0 Å². The zero-order valence-electron chi connectivity index (χ0n) is 79.6. The number of benzene rings is 4. The lowest BCUT2D eigenvalue weighted by molar-refractivity contribution is -0.0877. The van der Waals surface area contributed by atoms with E-state index in [1.165, 1.54) is 45.3 Å². The summed E-state index contributed by atoms with van der Waals surface area (Å²) in [5.41, 5.74) is 3.18. The van der Waals surface area contributed by atoms with Crippen molar-refractivity contribution in [2.45, 2.75) is 197 Å². The first-order valence-electron chi connectivity index (χ1n) is 45.8. The van der Waals surface area contributed by atoms with Gasteiger partial charge in [-0.1, -0.05) is 72.8 Å². The van der Waals surface area contributed by atoms with Gasteiger partial charge >= 0.3 is 0 Å². The summed E-state index contributed by atoms with van der Waals surface area (Å²) in [5, 5.41) is 48.5. The topological polar surface area (TPSA) is 293 Å². The highest BCUT2D eigenvalue weighted by Crippen LogP contribution is 2.38. The van der Waals surface area contributed by atoms with Gasteiger partial charge in [0.25, 0.3) is 40.1 Å². The van der Waals surface area contributed by atoms with Gasteiger partial charge in [-0.05, 0) is 227 Å². The Kier molecular flexibility index (Phi) is 32.9. The van der Waals surface area contributed by atoms with E-state index in [-0.39, 0.29) is 46.6 Å². The van der Waals surface area contributed by atoms with Crippen LogP contribution in [0.5, 0.6) is 0 Å². The Morgan fingerprint density at radius 1 is 0.288 bits per heavy atom. The second-order valence-corrected chi connectivity index (χ2v) is 52.8. The minimum Gasteiger partial charge on any atom is -0.386 e. The van der Waals surface area contributed by atoms with Crippen LogP contribution in [0.2, 0.25) is 0 Å². The lowest BCUT2D eigenvalue weighted by Crippen LogP contribution is -2.60. The Balaban J connectivity index is 0.000000150. The monoisotopic (exact) mass is 1970 g/mol. The number of morpholine rings is 4. The number of nitrogens with zero attached hydrogens (tertiary/aromatic N) is 12. The molecule has 16 rings (SSSR count). The van der Waals surface area contributed by atoms with Crippen molar-refractivity contribution in [1.29, 1.82) is 0 Å². The second kappa shape index (κ2) is 42.0. The van der Waals surface area contributed by atoms with E-state index < -0.39 is 62.5 Å². The van der Waals surface area contributed by atoms with Crippen LogP contribution in [0.15, 0.2) is 184 Å². The molecule has 4 atom stereocenters. The molecule has 0 bridgehead atoms. The Labute approximate surface area is 801 Å². The average molecular weight is 1970 g/mol. The average Bonchev–Trinajstić information content (AvgIpc) is 1.23. The van der Waals surface area contributed by atoms with Crippen molar-refractivity contribution in [1.82, 2.24) is 36.8 Å². The van der Waals surface area contributed by atoms with Crippen LogP contribution in [0, 0.1) is 0 Å². The molecule has 8 fully saturated rings. The lowest BCUT2D eigenvalue weighted by atomic mass is 9.98. The van der Waals surface area contributed by atoms with E-state index in [0.29, 0.717) is 122 Å². The van der Waals surface area contributed by atoms with Crippen LogP contribution in [0.4, 0.5) is 22.7 Å². The summed E-state index contributed by atoms with van der Waals surface area (Å²) in [7, 11) is -14.0. The molecule has 0 saturated carbocycles. The Morgan fingerprint density at radius 2 is 0.470 bits per heavy atom. The Morgan fingerprint density at radius 3 is 0.621 bits per heavy atom. The lowest BCUT2D eigenvalue weighted by Gasteiger charge is -2.46. The van der Waals surface area contributed by atoms with E-state index in [4.69, 9.17) is 18.9 Å². The highest BCUT2D eigenvalue weighted by molar-refractivity contribution is 7.92. The fourth-order valence-electron chi connectivity index (χ4n) is 18.8. The molecule has 8 saturated heterocycles. The number of ether oxygens (including phenoxy) is 4. The number of sulfonamides is 4. The molecule has 4 aromatic carbocycles. The molecule has 0 unspecified atom stereocenters. The maximum atomic E-state index is 13.2. The highest BCUT2D eigenvalue weighted by atomic mass is 32.3. The van der Waals surface area contributed by atoms with Crippen LogP contribution in [-0.2, 0) is 81.4 Å². The molecule has 0 aliphatic carbocycles. The molecule has 36 heteroatoms. The van der Waals surface area contributed by atoms with Gasteiger partial charge in [0.1, 0.15) is 16.8 Å². The Hall–Kier alpha value is -5.96. The summed E-state index contributed by atoms with van der Waals surface area (Å²) >= 11 is 5.07. The molecule has 4 aromatic heterocycles. The zero-order chi connectivity index (χ0) is 95.4. The van der Waals surface area contributed by atoms with Crippen LogP contribution in [0.1, 0.15) is 133 Å². The third kappa shape index (κ3) is 26.5. The first-order valence-corrected chi connectivity index (χ1v) is 55.1. The van der Waals surface area contributed by atoms with Gasteiger partial charge in [0.05, 0.1) is 95.4 Å². The van der Waals surface area contributed by atoms with E-state index in [2.05, 4.69) is 94.6 Å². The summed E-state index contributed by atoms with van der Waals surface area (Å²) in [6, 6.07) is 45.8. The number of rotatable bonds is 24. The van der Waals surface area contributed by atoms with Crippen LogP contribution < -0.4 is 19.6 Å². The minimum absolute atomic E-state index is 0.00961. The number of piperazine rings is 4. The molecule has 12 heterocycles. The molecular weight excluding hydrogens is 1830 g/mol. The van der Waals surface area contributed by atoms with E-state index in [1.54, 1.807) is 143 Å². The molecular formula is C96H140N12O16S8. The smallest absolute Gasteiger partial charge is 0.252 e. The van der Waals surface area contributed by atoms with Gasteiger partial charge in [-0.25, -0.2) is 33.7 Å². The fraction of sp³-hybridized carbons (Fsp3) is 0.583. The van der Waals surface area contributed by atoms with Gasteiger partial charge in [0.2, 0.25) is 0 Å². The summed E-state index contributed by atoms with van der Waals surface area (Å²) < 4.78 is 138. The summed E-state index contributed by atoms with van der Waals surface area (Å²) in [6.45, 7) is 49.3. The van der Waals surface area contributed by atoms with Crippen LogP contribution in [-0.4, -0.2) is 321 Å². The SMILES string of the molecule is CC1(C)CN(C[C@@H]2CN(S(=O)(=O)c3cccs3)CCN2c2ccc(C(C)(C)O)cc2)CCO1.CC1(C)CN(C[C@@H]2CN(S(=O)(=O)c3cccs3)CCN2c2ccc(C(C)(C)O)cc2)CCO1.CC1(C)CN(C[C@H]2CN(S(=O)(=O)c3cccs3)CCN2c2ccc(C(C)(C)O)cc2)CCO1.CC1(C)CN(C[C@H]2CN(S(=O)(=O)c3cccs3)CCN2c2ccc(C(C)(C)O)cc2)CCO1. The van der Waals surface area contributed by atoms with E-state index in [9.17, 15) is 54.1 Å².